The number of fused-ring (bicyclic) bond motifs is 1. The van der Waals surface area contributed by atoms with Crippen molar-refractivity contribution in [1.82, 2.24) is 0 Å². The minimum atomic E-state index is -0.909. The first-order chi connectivity index (χ1) is 4.75. The van der Waals surface area contributed by atoms with E-state index < -0.39 is 24.6 Å². The number of aliphatic hydroxyl groups is 3. The molecule has 2 saturated heterocycles. The molecule has 0 aromatic carbocycles. The summed E-state index contributed by atoms with van der Waals surface area (Å²) in [6.45, 7) is -0.223. The summed E-state index contributed by atoms with van der Waals surface area (Å²) in [5.41, 5.74) is 0. The number of rotatable bonds is 1. The van der Waals surface area contributed by atoms with E-state index in [0.717, 1.165) is 0 Å². The average molecular weight is 149 g/mol. The predicted molar refractivity (Wildman–Crippen MR) is 28.8 cm³/mol. The van der Waals surface area contributed by atoms with Crippen molar-refractivity contribution in [3.8, 4) is 0 Å². The van der Waals surface area contributed by atoms with E-state index in [0.29, 0.717) is 0 Å². The van der Waals surface area contributed by atoms with Gasteiger partial charge in [-0.2, -0.15) is 4.52 Å². The highest BCUT2D eigenvalue weighted by molar-refractivity contribution is 4.92. The molecule has 0 saturated carbocycles. The molecule has 0 unspecified atom stereocenters. The zero-order valence-electron chi connectivity index (χ0n) is 5.17. The van der Waals surface area contributed by atoms with Crippen molar-refractivity contribution < 1.29 is 24.7 Å². The predicted octanol–water partition coefficient (Wildman–Crippen LogP) is -2.09. The molecular weight excluding hydrogens is 140 g/mol. The third kappa shape index (κ3) is 0.637. The Kier molecular flexibility index (Phi) is 1.23. The quantitative estimate of drug-likeness (QED) is 0.227. The van der Waals surface area contributed by atoms with Crippen LogP contribution < -0.4 is 0 Å². The van der Waals surface area contributed by atoms with Crippen LogP contribution in [0.15, 0.2) is 0 Å². The normalized spacial score (nSPS) is 53.1. The second-order valence-electron chi connectivity index (χ2n) is 2.50. The first-order valence-electron chi connectivity index (χ1n) is 3.11. The summed E-state index contributed by atoms with van der Waals surface area (Å²) in [5.74, 6) is 0. The average Bonchev–Trinajstić information content (AvgIpc) is 2.63. The van der Waals surface area contributed by atoms with Gasteiger partial charge in [0, 0.05) is 0 Å². The van der Waals surface area contributed by atoms with Gasteiger partial charge in [-0.05, 0) is 4.89 Å². The molecule has 0 aromatic heterocycles. The molecule has 2 heterocycles. The van der Waals surface area contributed by atoms with Crippen molar-refractivity contribution in [2.45, 2.75) is 24.6 Å². The van der Waals surface area contributed by atoms with E-state index in [4.69, 9.17) is 20.2 Å². The highest BCUT2D eigenvalue weighted by Gasteiger charge is 2.71. The second kappa shape index (κ2) is 1.90. The van der Waals surface area contributed by atoms with Crippen LogP contribution in [0.4, 0.5) is 0 Å². The van der Waals surface area contributed by atoms with Gasteiger partial charge in [0.25, 0.3) is 6.10 Å². The third-order valence-electron chi connectivity index (χ3n) is 1.89. The topological polar surface area (TPSA) is 75.9 Å². The zero-order valence-corrected chi connectivity index (χ0v) is 5.17. The van der Waals surface area contributed by atoms with Gasteiger partial charge in [0.15, 0.2) is 12.2 Å². The summed E-state index contributed by atoms with van der Waals surface area (Å²) in [5, 5.41) is 26.8. The Morgan fingerprint density at radius 2 is 2.00 bits per heavy atom. The largest absolute Gasteiger partial charge is 0.399 e. The summed E-state index contributed by atoms with van der Waals surface area (Å²) in [6.07, 6.45) is -2.80. The molecule has 3 N–H and O–H groups in total. The summed E-state index contributed by atoms with van der Waals surface area (Å²) in [6, 6.07) is 0. The minimum Gasteiger partial charge on any atom is -0.388 e. The van der Waals surface area contributed by atoms with Gasteiger partial charge in [0.05, 0.1) is 0 Å². The maximum absolute atomic E-state index is 9.11. The lowest BCUT2D eigenvalue weighted by Gasteiger charge is -2.07. The fraction of sp³-hybridized carbons (Fsp3) is 1.00. The lowest BCUT2D eigenvalue weighted by molar-refractivity contribution is -0.229. The third-order valence-corrected chi connectivity index (χ3v) is 1.89. The van der Waals surface area contributed by atoms with Crippen molar-refractivity contribution in [3.05, 3.63) is 0 Å². The molecule has 0 aliphatic carbocycles. The number of aliphatic hydroxyl groups excluding tert-OH is 3. The molecule has 0 bridgehead atoms. The van der Waals surface area contributed by atoms with Crippen molar-refractivity contribution in [1.29, 1.82) is 0 Å². The van der Waals surface area contributed by atoms with Gasteiger partial charge in [-0.3, -0.25) is 0 Å². The van der Waals surface area contributed by atoms with E-state index in [-0.39, 0.29) is 6.61 Å². The van der Waals surface area contributed by atoms with Gasteiger partial charge in [-0.25, -0.2) is 0 Å². The van der Waals surface area contributed by atoms with E-state index in [1.807, 2.05) is 0 Å². The Morgan fingerprint density at radius 1 is 1.30 bits per heavy atom. The van der Waals surface area contributed by atoms with Gasteiger partial charge in [-0.1, -0.05) is 0 Å². The highest BCUT2D eigenvalue weighted by Crippen LogP contribution is 2.42. The van der Waals surface area contributed by atoms with Crippen LogP contribution in [0.2, 0.25) is 0 Å². The molecule has 10 heavy (non-hydrogen) atoms. The van der Waals surface area contributed by atoms with Crippen LogP contribution in [0.5, 0.6) is 0 Å². The van der Waals surface area contributed by atoms with Crippen molar-refractivity contribution in [2.75, 3.05) is 6.61 Å². The van der Waals surface area contributed by atoms with Crippen LogP contribution in [0.3, 0.4) is 0 Å². The van der Waals surface area contributed by atoms with Crippen LogP contribution in [-0.2, 0) is 9.41 Å². The summed E-state index contributed by atoms with van der Waals surface area (Å²) in [7, 11) is 0. The molecule has 2 aliphatic heterocycles. The first kappa shape index (κ1) is 6.51. The Hall–Kier alpha value is -0.200. The fourth-order valence-corrected chi connectivity index (χ4v) is 1.22. The molecule has 0 amide bonds. The Labute approximate surface area is 57.0 Å². The summed E-state index contributed by atoms with van der Waals surface area (Å²) in [4.78, 5) is 4.72. The standard InChI is InChI=1S/C5H9O5/c6-1-2-3(7)4(8)5-9-10(2)5/h2-8H,1H2/q+1/t2-,3-,4+,5+/m0/s1. The molecule has 2 aliphatic rings. The molecular formula is C5H9O5+. The minimum absolute atomic E-state index is 0.223. The van der Waals surface area contributed by atoms with Crippen LogP contribution in [0, 0.1) is 0 Å². The van der Waals surface area contributed by atoms with E-state index in [9.17, 15) is 0 Å². The number of hydrogen-bond acceptors (Lipinski definition) is 4. The fourth-order valence-electron chi connectivity index (χ4n) is 1.22. The maximum Gasteiger partial charge on any atom is 0.399 e. The van der Waals surface area contributed by atoms with Gasteiger partial charge in [-0.15, -0.1) is 0 Å². The Balaban J connectivity index is 2.09. The zero-order chi connectivity index (χ0) is 7.30. The highest BCUT2D eigenvalue weighted by atomic mass is 17.5. The van der Waals surface area contributed by atoms with E-state index in [2.05, 4.69) is 4.52 Å². The summed E-state index contributed by atoms with van der Waals surface area (Å²) >= 11 is 0. The van der Waals surface area contributed by atoms with Gasteiger partial charge in [0.1, 0.15) is 6.61 Å². The van der Waals surface area contributed by atoms with Gasteiger partial charge >= 0.3 is 6.29 Å². The summed E-state index contributed by atoms with van der Waals surface area (Å²) < 4.78 is 2.17. The SMILES string of the molecule is OC[C@H]1[C@H](O)[C@@H](O)[C@@H]2O[O+]12. The lowest BCUT2D eigenvalue weighted by Crippen LogP contribution is -2.36. The smallest absolute Gasteiger partial charge is 0.388 e. The molecule has 4 atom stereocenters. The Bertz CT molecular complexity index is 149. The van der Waals surface area contributed by atoms with E-state index in [1.54, 1.807) is 0 Å². The molecule has 5 nitrogen and oxygen atoms in total. The van der Waals surface area contributed by atoms with E-state index in [1.165, 1.54) is 0 Å². The molecule has 5 heteroatoms. The van der Waals surface area contributed by atoms with Crippen LogP contribution in [-0.4, -0.2) is 46.5 Å². The van der Waals surface area contributed by atoms with Gasteiger partial charge < -0.3 is 15.3 Å². The molecule has 0 spiro atoms. The monoisotopic (exact) mass is 149 g/mol. The van der Waals surface area contributed by atoms with E-state index >= 15 is 0 Å². The molecule has 0 aromatic rings. The molecule has 58 valence electrons. The van der Waals surface area contributed by atoms with Crippen molar-refractivity contribution in [3.63, 3.8) is 0 Å². The molecule has 0 radical (unpaired) electrons. The lowest BCUT2D eigenvalue weighted by atomic mass is 10.1. The number of hydrogen-bond donors (Lipinski definition) is 3. The van der Waals surface area contributed by atoms with Crippen LogP contribution in [0.1, 0.15) is 0 Å². The van der Waals surface area contributed by atoms with Gasteiger partial charge in [0.2, 0.25) is 0 Å². The van der Waals surface area contributed by atoms with Crippen molar-refractivity contribution in [2.24, 2.45) is 0 Å². The maximum atomic E-state index is 9.11. The van der Waals surface area contributed by atoms with Crippen molar-refractivity contribution >= 4 is 0 Å². The molecule has 2 rings (SSSR count). The van der Waals surface area contributed by atoms with Crippen LogP contribution in [0.25, 0.3) is 0 Å². The van der Waals surface area contributed by atoms with Crippen LogP contribution >= 0.6 is 0 Å². The Morgan fingerprint density at radius 3 is 2.30 bits per heavy atom. The first-order valence-corrected chi connectivity index (χ1v) is 3.11. The second-order valence-corrected chi connectivity index (χ2v) is 2.50. The molecule has 2 fully saturated rings.